The molecule has 0 aliphatic heterocycles. The summed E-state index contributed by atoms with van der Waals surface area (Å²) in [5.41, 5.74) is 0.447. The summed E-state index contributed by atoms with van der Waals surface area (Å²) in [7, 11) is 0. The van der Waals surface area contributed by atoms with Crippen molar-refractivity contribution in [2.75, 3.05) is 5.32 Å². The molecule has 0 aliphatic rings. The molecule has 0 radical (unpaired) electrons. The van der Waals surface area contributed by atoms with E-state index in [1.54, 1.807) is 6.92 Å². The Labute approximate surface area is 165 Å². The van der Waals surface area contributed by atoms with Crippen LogP contribution in [0.5, 0.6) is 0 Å². The molecule has 0 atom stereocenters. The number of carbonyl (C=O) groups excluding carboxylic acids is 1. The number of anilines is 1. The first kappa shape index (κ1) is 21.1. The van der Waals surface area contributed by atoms with Gasteiger partial charge in [-0.3, -0.25) is 14.9 Å². The number of halogens is 4. The van der Waals surface area contributed by atoms with Gasteiger partial charge in [-0.05, 0) is 31.9 Å². The van der Waals surface area contributed by atoms with Crippen LogP contribution in [0.2, 0.25) is 0 Å². The molecule has 2 heterocycles. The van der Waals surface area contributed by atoms with E-state index in [9.17, 15) is 32.5 Å². The third-order valence-electron chi connectivity index (χ3n) is 4.34. The van der Waals surface area contributed by atoms with Gasteiger partial charge >= 0.3 is 6.18 Å². The highest BCUT2D eigenvalue weighted by Gasteiger charge is 2.37. The zero-order valence-electron chi connectivity index (χ0n) is 15.6. The van der Waals surface area contributed by atoms with Crippen molar-refractivity contribution in [3.63, 3.8) is 0 Å². The fraction of sp³-hybridized carbons (Fsp3) is 0.294. The Morgan fingerprint density at radius 3 is 2.60 bits per heavy atom. The predicted octanol–water partition coefficient (Wildman–Crippen LogP) is 3.38. The first-order chi connectivity index (χ1) is 14.0. The molecule has 3 rings (SSSR count). The number of nitro benzene ring substituents is 1. The quantitative estimate of drug-likeness (QED) is 0.380. The minimum Gasteiger partial charge on any atom is -0.323 e. The van der Waals surface area contributed by atoms with Crippen molar-refractivity contribution in [2.45, 2.75) is 32.9 Å². The average Bonchev–Trinajstić information content (AvgIpc) is 3.07. The molecule has 0 aliphatic carbocycles. The number of nitrogens with one attached hydrogen (secondary N) is 1. The first-order valence-electron chi connectivity index (χ1n) is 8.51. The van der Waals surface area contributed by atoms with Crippen molar-refractivity contribution in [3.05, 3.63) is 56.9 Å². The van der Waals surface area contributed by atoms with Crippen LogP contribution in [-0.4, -0.2) is 30.4 Å². The maximum absolute atomic E-state index is 13.8. The second-order valence-corrected chi connectivity index (χ2v) is 6.38. The fourth-order valence-corrected chi connectivity index (χ4v) is 2.86. The molecule has 1 N–H and O–H groups in total. The Balaban J connectivity index is 1.79. The van der Waals surface area contributed by atoms with Gasteiger partial charge in [-0.15, -0.1) is 5.10 Å². The molecule has 9 nitrogen and oxygen atoms in total. The van der Waals surface area contributed by atoms with E-state index >= 15 is 0 Å². The zero-order valence-corrected chi connectivity index (χ0v) is 15.6. The number of aromatic nitrogens is 4. The van der Waals surface area contributed by atoms with Crippen LogP contribution in [0, 0.1) is 29.8 Å². The number of hydrogen-bond acceptors (Lipinski definition) is 6. The number of amides is 1. The fourth-order valence-electron chi connectivity index (χ4n) is 2.86. The number of aryl methyl sites for hydroxylation is 2. The van der Waals surface area contributed by atoms with Crippen LogP contribution < -0.4 is 5.32 Å². The van der Waals surface area contributed by atoms with Gasteiger partial charge < -0.3 is 5.32 Å². The lowest BCUT2D eigenvalue weighted by Crippen LogP contribution is -2.15. The Hall–Kier alpha value is -3.64. The monoisotopic (exact) mass is 426 g/mol. The molecular formula is C17H14F4N6O3. The number of rotatable bonds is 5. The topological polar surface area (TPSA) is 115 Å². The minimum atomic E-state index is -4.73. The molecule has 0 fully saturated rings. The summed E-state index contributed by atoms with van der Waals surface area (Å²) in [6.07, 6.45) is -4.82. The molecule has 158 valence electrons. The second-order valence-electron chi connectivity index (χ2n) is 6.38. The van der Waals surface area contributed by atoms with E-state index in [2.05, 4.69) is 20.4 Å². The van der Waals surface area contributed by atoms with Crippen LogP contribution in [-0.2, 0) is 17.4 Å². The van der Waals surface area contributed by atoms with Gasteiger partial charge in [-0.2, -0.15) is 18.2 Å². The average molecular weight is 426 g/mol. The van der Waals surface area contributed by atoms with Crippen molar-refractivity contribution >= 4 is 23.1 Å². The van der Waals surface area contributed by atoms with E-state index < -0.39 is 28.6 Å². The molecule has 1 amide bonds. The van der Waals surface area contributed by atoms with E-state index in [4.69, 9.17) is 0 Å². The number of nitrogens with zero attached hydrogens (tertiary/aromatic N) is 5. The van der Waals surface area contributed by atoms with E-state index in [1.807, 2.05) is 0 Å². The van der Waals surface area contributed by atoms with Gasteiger partial charge in [0, 0.05) is 29.9 Å². The van der Waals surface area contributed by atoms with Gasteiger partial charge in [0.2, 0.25) is 5.91 Å². The van der Waals surface area contributed by atoms with Crippen LogP contribution in [0.25, 0.3) is 5.78 Å². The maximum Gasteiger partial charge on any atom is 0.453 e. The van der Waals surface area contributed by atoms with Crippen LogP contribution >= 0.6 is 0 Å². The number of alkyl halides is 3. The lowest BCUT2D eigenvalue weighted by molar-refractivity contribution is -0.384. The summed E-state index contributed by atoms with van der Waals surface area (Å²) in [6.45, 7) is 3.08. The molecule has 13 heteroatoms. The van der Waals surface area contributed by atoms with Gasteiger partial charge in [0.15, 0.2) is 0 Å². The Bertz CT molecular complexity index is 1160. The molecule has 0 saturated carbocycles. The number of non-ortho nitro benzene ring substituents is 1. The zero-order chi connectivity index (χ0) is 22.2. The molecule has 1 aromatic carbocycles. The molecular weight excluding hydrogens is 412 g/mol. The summed E-state index contributed by atoms with van der Waals surface area (Å²) in [5.74, 6) is -3.02. The van der Waals surface area contributed by atoms with E-state index in [-0.39, 0.29) is 30.0 Å². The summed E-state index contributed by atoms with van der Waals surface area (Å²) in [6, 6.07) is 2.72. The van der Waals surface area contributed by atoms with Gasteiger partial charge in [0.1, 0.15) is 5.82 Å². The van der Waals surface area contributed by atoms with Crippen molar-refractivity contribution < 1.29 is 27.3 Å². The molecule has 0 unspecified atom stereocenters. The third kappa shape index (κ3) is 4.18. The largest absolute Gasteiger partial charge is 0.453 e. The lowest BCUT2D eigenvalue weighted by atomic mass is 10.1. The Morgan fingerprint density at radius 1 is 1.27 bits per heavy atom. The normalized spacial score (nSPS) is 11.7. The van der Waals surface area contributed by atoms with Crippen molar-refractivity contribution in [3.8, 4) is 0 Å². The smallest absolute Gasteiger partial charge is 0.323 e. The third-order valence-corrected chi connectivity index (χ3v) is 4.34. The van der Waals surface area contributed by atoms with Gasteiger partial charge in [0.25, 0.3) is 17.3 Å². The van der Waals surface area contributed by atoms with Gasteiger partial charge in [0.05, 0.1) is 10.6 Å². The highest BCUT2D eigenvalue weighted by atomic mass is 19.4. The number of fused-ring (bicyclic) bond motifs is 1. The van der Waals surface area contributed by atoms with Crippen LogP contribution in [0.3, 0.4) is 0 Å². The second kappa shape index (κ2) is 7.65. The van der Waals surface area contributed by atoms with Crippen LogP contribution in [0.4, 0.5) is 28.9 Å². The van der Waals surface area contributed by atoms with Crippen molar-refractivity contribution in [1.29, 1.82) is 0 Å². The molecule has 2 aromatic heterocycles. The highest BCUT2D eigenvalue weighted by molar-refractivity contribution is 5.91. The number of carbonyl (C=O) groups is 1. The number of hydrogen-bond donors (Lipinski definition) is 1. The summed E-state index contributed by atoms with van der Waals surface area (Å²) < 4.78 is 53.3. The molecule has 30 heavy (non-hydrogen) atoms. The van der Waals surface area contributed by atoms with Gasteiger partial charge in [-0.25, -0.2) is 13.9 Å². The maximum atomic E-state index is 13.8. The van der Waals surface area contributed by atoms with E-state index in [1.165, 1.54) is 6.92 Å². The van der Waals surface area contributed by atoms with Crippen LogP contribution in [0.15, 0.2) is 18.2 Å². The Kier molecular flexibility index (Phi) is 5.37. The van der Waals surface area contributed by atoms with Gasteiger partial charge in [-0.1, -0.05) is 0 Å². The molecule has 3 aromatic rings. The molecule has 0 bridgehead atoms. The standard InChI is InChI=1S/C17H14F4N6O3/c1-8-11(9(2)26-16(22-8)24-15(25-26)17(19,20)21)4-6-14(28)23-13-7-10(27(29)30)3-5-12(13)18/h3,5,7H,4,6H2,1-2H3,(H,23,28). The Morgan fingerprint density at radius 2 is 1.97 bits per heavy atom. The predicted molar refractivity (Wildman–Crippen MR) is 95.3 cm³/mol. The number of benzene rings is 1. The summed E-state index contributed by atoms with van der Waals surface area (Å²) >= 11 is 0. The number of nitro groups is 1. The summed E-state index contributed by atoms with van der Waals surface area (Å²) in [4.78, 5) is 29.6. The van der Waals surface area contributed by atoms with Crippen LogP contribution in [0.1, 0.15) is 29.2 Å². The van der Waals surface area contributed by atoms with Crippen molar-refractivity contribution in [1.82, 2.24) is 19.6 Å². The molecule has 0 saturated heterocycles. The molecule has 0 spiro atoms. The summed E-state index contributed by atoms with van der Waals surface area (Å²) in [5, 5.41) is 16.5. The van der Waals surface area contributed by atoms with Crippen molar-refractivity contribution in [2.24, 2.45) is 0 Å². The minimum absolute atomic E-state index is 0.0736. The van der Waals surface area contributed by atoms with E-state index in [0.717, 1.165) is 22.7 Å². The lowest BCUT2D eigenvalue weighted by Gasteiger charge is -2.11. The SMILES string of the molecule is Cc1nc2nc(C(F)(F)F)nn2c(C)c1CCC(=O)Nc1cc([N+](=O)[O-])ccc1F. The van der Waals surface area contributed by atoms with E-state index in [0.29, 0.717) is 17.0 Å². The first-order valence-corrected chi connectivity index (χ1v) is 8.51. The highest BCUT2D eigenvalue weighted by Crippen LogP contribution is 2.27.